The summed E-state index contributed by atoms with van der Waals surface area (Å²) >= 11 is 8.82. The number of aromatic nitrogens is 2. The summed E-state index contributed by atoms with van der Waals surface area (Å²) < 4.78 is 32.2. The second-order valence-electron chi connectivity index (χ2n) is 3.54. The molecule has 0 bridgehead atoms. The van der Waals surface area contributed by atoms with Crippen LogP contribution in [0.2, 0.25) is 5.28 Å². The third-order valence-corrected chi connectivity index (χ3v) is 3.11. The van der Waals surface area contributed by atoms with Crippen LogP contribution in [0.3, 0.4) is 0 Å². The standard InChI is InChI=1S/C9H8BrClF2N2O/c10-5-4-14-8(11)15-7(5)6-3-9(12,13)1-2-16-6/h4,6H,1-3H2. The molecule has 0 amide bonds. The Morgan fingerprint density at radius 2 is 2.31 bits per heavy atom. The van der Waals surface area contributed by atoms with Gasteiger partial charge in [-0.15, -0.1) is 0 Å². The van der Waals surface area contributed by atoms with Crippen LogP contribution >= 0.6 is 27.5 Å². The molecule has 1 aromatic rings. The van der Waals surface area contributed by atoms with Crippen molar-refractivity contribution in [3.63, 3.8) is 0 Å². The summed E-state index contributed by atoms with van der Waals surface area (Å²) in [6, 6.07) is 0. The molecule has 1 aliphatic rings. The number of ether oxygens (including phenoxy) is 1. The highest BCUT2D eigenvalue weighted by Crippen LogP contribution is 2.39. The van der Waals surface area contributed by atoms with Gasteiger partial charge in [-0.25, -0.2) is 18.7 Å². The highest BCUT2D eigenvalue weighted by molar-refractivity contribution is 9.10. The summed E-state index contributed by atoms with van der Waals surface area (Å²) in [4.78, 5) is 7.65. The lowest BCUT2D eigenvalue weighted by atomic mass is 10.0. The van der Waals surface area contributed by atoms with Gasteiger partial charge in [0.15, 0.2) is 0 Å². The maximum atomic E-state index is 13.2. The first-order chi connectivity index (χ1) is 7.48. The molecule has 0 spiro atoms. The van der Waals surface area contributed by atoms with E-state index in [0.29, 0.717) is 10.2 Å². The van der Waals surface area contributed by atoms with Crippen LogP contribution in [-0.2, 0) is 4.74 Å². The molecule has 1 saturated heterocycles. The molecule has 1 fully saturated rings. The van der Waals surface area contributed by atoms with E-state index >= 15 is 0 Å². The van der Waals surface area contributed by atoms with Gasteiger partial charge in [-0.2, -0.15) is 0 Å². The number of alkyl halides is 2. The fourth-order valence-electron chi connectivity index (χ4n) is 1.54. The maximum absolute atomic E-state index is 13.2. The minimum absolute atomic E-state index is 0.0196. The van der Waals surface area contributed by atoms with Gasteiger partial charge in [-0.3, -0.25) is 0 Å². The van der Waals surface area contributed by atoms with Crippen LogP contribution in [-0.4, -0.2) is 22.5 Å². The molecular formula is C9H8BrClF2N2O. The van der Waals surface area contributed by atoms with Gasteiger partial charge < -0.3 is 4.74 Å². The fraction of sp³-hybridized carbons (Fsp3) is 0.556. The van der Waals surface area contributed by atoms with E-state index in [4.69, 9.17) is 16.3 Å². The average molecular weight is 314 g/mol. The molecule has 2 heterocycles. The lowest BCUT2D eigenvalue weighted by Crippen LogP contribution is -2.30. The van der Waals surface area contributed by atoms with Crippen LogP contribution in [0.4, 0.5) is 8.78 Å². The Kier molecular flexibility index (Phi) is 3.42. The molecule has 0 N–H and O–H groups in total. The van der Waals surface area contributed by atoms with Crippen molar-refractivity contribution in [3.8, 4) is 0 Å². The fourth-order valence-corrected chi connectivity index (χ4v) is 2.13. The van der Waals surface area contributed by atoms with Gasteiger partial charge in [0.1, 0.15) is 6.10 Å². The molecule has 0 radical (unpaired) electrons. The zero-order valence-corrected chi connectivity index (χ0v) is 10.4. The molecule has 16 heavy (non-hydrogen) atoms. The van der Waals surface area contributed by atoms with Gasteiger partial charge in [-0.05, 0) is 27.5 Å². The predicted octanol–water partition coefficient (Wildman–Crippen LogP) is 3.38. The topological polar surface area (TPSA) is 35.0 Å². The van der Waals surface area contributed by atoms with Crippen molar-refractivity contribution >= 4 is 27.5 Å². The van der Waals surface area contributed by atoms with Crippen molar-refractivity contribution in [2.24, 2.45) is 0 Å². The van der Waals surface area contributed by atoms with Crippen molar-refractivity contribution in [2.45, 2.75) is 24.9 Å². The van der Waals surface area contributed by atoms with Crippen molar-refractivity contribution in [2.75, 3.05) is 6.61 Å². The lowest BCUT2D eigenvalue weighted by Gasteiger charge is -2.29. The molecule has 1 aromatic heterocycles. The highest BCUT2D eigenvalue weighted by Gasteiger charge is 2.39. The molecule has 7 heteroatoms. The molecule has 88 valence electrons. The normalized spacial score (nSPS) is 24.4. The van der Waals surface area contributed by atoms with Gasteiger partial charge >= 0.3 is 0 Å². The van der Waals surface area contributed by atoms with Gasteiger partial charge in [0.05, 0.1) is 16.8 Å². The molecule has 3 nitrogen and oxygen atoms in total. The first-order valence-corrected chi connectivity index (χ1v) is 5.82. The van der Waals surface area contributed by atoms with Gasteiger partial charge in [0, 0.05) is 19.0 Å². The number of halogens is 4. The Hall–Kier alpha value is -0.330. The van der Waals surface area contributed by atoms with Crippen LogP contribution in [0, 0.1) is 0 Å². The molecule has 0 saturated carbocycles. The Labute approximate surface area is 104 Å². The molecule has 0 aliphatic carbocycles. The monoisotopic (exact) mass is 312 g/mol. The van der Waals surface area contributed by atoms with Gasteiger partial charge in [-0.1, -0.05) is 0 Å². The van der Waals surface area contributed by atoms with Crippen molar-refractivity contribution in [1.29, 1.82) is 0 Å². The van der Waals surface area contributed by atoms with E-state index in [1.165, 1.54) is 6.20 Å². The van der Waals surface area contributed by atoms with E-state index in [2.05, 4.69) is 25.9 Å². The second kappa shape index (κ2) is 4.50. The summed E-state index contributed by atoms with van der Waals surface area (Å²) in [5, 5.41) is 0.0238. The van der Waals surface area contributed by atoms with E-state index < -0.39 is 12.0 Å². The number of hydrogen-bond acceptors (Lipinski definition) is 3. The molecule has 1 unspecified atom stereocenters. The second-order valence-corrected chi connectivity index (χ2v) is 4.73. The van der Waals surface area contributed by atoms with E-state index in [9.17, 15) is 8.78 Å². The molecule has 1 aliphatic heterocycles. The summed E-state index contributed by atoms with van der Waals surface area (Å²) in [5.74, 6) is -2.71. The predicted molar refractivity (Wildman–Crippen MR) is 57.6 cm³/mol. The SMILES string of the molecule is FC1(F)CCOC(c2nc(Cl)ncc2Br)C1. The van der Waals surface area contributed by atoms with Crippen LogP contribution in [0.25, 0.3) is 0 Å². The zero-order chi connectivity index (χ0) is 11.8. The quantitative estimate of drug-likeness (QED) is 0.746. The maximum Gasteiger partial charge on any atom is 0.253 e. The molecule has 2 rings (SSSR count). The first-order valence-electron chi connectivity index (χ1n) is 4.65. The third kappa shape index (κ3) is 2.67. The number of hydrogen-bond donors (Lipinski definition) is 0. The minimum Gasteiger partial charge on any atom is -0.371 e. The molecular weight excluding hydrogens is 305 g/mol. The zero-order valence-electron chi connectivity index (χ0n) is 8.09. The lowest BCUT2D eigenvalue weighted by molar-refractivity contribution is -0.130. The van der Waals surface area contributed by atoms with Crippen molar-refractivity contribution in [3.05, 3.63) is 21.6 Å². The van der Waals surface area contributed by atoms with Crippen molar-refractivity contribution in [1.82, 2.24) is 9.97 Å². The van der Waals surface area contributed by atoms with Crippen LogP contribution in [0.15, 0.2) is 10.7 Å². The largest absolute Gasteiger partial charge is 0.371 e. The van der Waals surface area contributed by atoms with E-state index in [1.807, 2.05) is 0 Å². The smallest absolute Gasteiger partial charge is 0.253 e. The van der Waals surface area contributed by atoms with Gasteiger partial charge in [0.2, 0.25) is 5.28 Å². The van der Waals surface area contributed by atoms with Crippen LogP contribution in [0.1, 0.15) is 24.6 Å². The third-order valence-electron chi connectivity index (χ3n) is 2.32. The van der Waals surface area contributed by atoms with Gasteiger partial charge in [0.25, 0.3) is 5.92 Å². The van der Waals surface area contributed by atoms with Crippen LogP contribution < -0.4 is 0 Å². The molecule has 1 atom stereocenters. The van der Waals surface area contributed by atoms with E-state index in [1.54, 1.807) is 0 Å². The van der Waals surface area contributed by atoms with Crippen LogP contribution in [0.5, 0.6) is 0 Å². The summed E-state index contributed by atoms with van der Waals surface area (Å²) in [6.07, 6.45) is 0.0678. The van der Waals surface area contributed by atoms with E-state index in [0.717, 1.165) is 0 Å². The summed E-state index contributed by atoms with van der Waals surface area (Å²) in [7, 11) is 0. The molecule has 0 aromatic carbocycles. The first kappa shape index (κ1) is 12.1. The minimum atomic E-state index is -2.71. The summed E-state index contributed by atoms with van der Waals surface area (Å²) in [5.41, 5.74) is 0.374. The van der Waals surface area contributed by atoms with Crippen molar-refractivity contribution < 1.29 is 13.5 Å². The Morgan fingerprint density at radius 1 is 1.56 bits per heavy atom. The highest BCUT2D eigenvalue weighted by atomic mass is 79.9. The number of rotatable bonds is 1. The Balaban J connectivity index is 2.26. The summed E-state index contributed by atoms with van der Waals surface area (Å²) in [6.45, 7) is 0.0196. The van der Waals surface area contributed by atoms with E-state index in [-0.39, 0.29) is 24.7 Å². The number of nitrogens with zero attached hydrogens (tertiary/aromatic N) is 2. The Bertz CT molecular complexity index is 405. The Morgan fingerprint density at radius 3 is 3.00 bits per heavy atom. The average Bonchev–Trinajstić information content (AvgIpc) is 2.20.